The molecule has 3 aliphatic heterocycles. The highest BCUT2D eigenvalue weighted by Crippen LogP contribution is 2.44. The summed E-state index contributed by atoms with van der Waals surface area (Å²) in [5, 5.41) is 5.39. The van der Waals surface area contributed by atoms with Crippen LogP contribution in [0.2, 0.25) is 0 Å². The van der Waals surface area contributed by atoms with Crippen LogP contribution in [0.3, 0.4) is 0 Å². The van der Waals surface area contributed by atoms with E-state index in [9.17, 15) is 9.59 Å². The Balaban J connectivity index is 1.46. The largest absolute Gasteiger partial charge is 0.342 e. The van der Waals surface area contributed by atoms with Crippen LogP contribution >= 0.6 is 0 Å². The van der Waals surface area contributed by atoms with E-state index < -0.39 is 5.41 Å². The Kier molecular flexibility index (Phi) is 3.98. The Morgan fingerprint density at radius 3 is 2.57 bits per heavy atom. The van der Waals surface area contributed by atoms with Gasteiger partial charge in [0.25, 0.3) is 5.91 Å². The van der Waals surface area contributed by atoms with Gasteiger partial charge in [-0.15, -0.1) is 0 Å². The summed E-state index contributed by atoms with van der Waals surface area (Å²) in [4.78, 5) is 33.0. The van der Waals surface area contributed by atoms with Gasteiger partial charge in [-0.25, -0.2) is 0 Å². The number of nitrogens with zero attached hydrogens (tertiary/aromatic N) is 5. The van der Waals surface area contributed by atoms with Crippen molar-refractivity contribution in [3.8, 4) is 0 Å². The lowest BCUT2D eigenvalue weighted by Crippen LogP contribution is -2.49. The van der Waals surface area contributed by atoms with E-state index in [4.69, 9.17) is 0 Å². The molecule has 148 valence electrons. The summed E-state index contributed by atoms with van der Waals surface area (Å²) >= 11 is 0. The fraction of sp³-hybridized carbons (Fsp3) is 0.571. The van der Waals surface area contributed by atoms with Gasteiger partial charge in [0.15, 0.2) is 5.69 Å². The second-order valence-corrected chi connectivity index (χ2v) is 8.72. The minimum atomic E-state index is -0.459. The Hall–Kier alpha value is -2.41. The van der Waals surface area contributed by atoms with Gasteiger partial charge in [-0.05, 0) is 26.0 Å². The third-order valence-corrected chi connectivity index (χ3v) is 6.85. The Morgan fingerprint density at radius 1 is 1.04 bits per heavy atom. The van der Waals surface area contributed by atoms with Crippen LogP contribution in [0.1, 0.15) is 23.3 Å². The molecule has 2 amide bonds. The molecule has 4 heterocycles. The molecule has 7 nitrogen and oxygen atoms in total. The van der Waals surface area contributed by atoms with Gasteiger partial charge in [0.05, 0.1) is 10.9 Å². The first-order chi connectivity index (χ1) is 13.5. The Labute approximate surface area is 164 Å². The van der Waals surface area contributed by atoms with Crippen LogP contribution in [-0.4, -0.2) is 82.6 Å². The van der Waals surface area contributed by atoms with Crippen molar-refractivity contribution in [3.05, 3.63) is 30.0 Å². The van der Waals surface area contributed by atoms with E-state index in [1.165, 1.54) is 0 Å². The van der Waals surface area contributed by atoms with Crippen molar-refractivity contribution in [2.75, 3.05) is 46.3 Å². The number of rotatable bonds is 2. The van der Waals surface area contributed by atoms with Gasteiger partial charge in [-0.1, -0.05) is 18.2 Å². The molecular weight excluding hydrogens is 354 g/mol. The van der Waals surface area contributed by atoms with Gasteiger partial charge >= 0.3 is 0 Å². The number of fused-ring (bicyclic) bond motifs is 2. The first kappa shape index (κ1) is 17.7. The van der Waals surface area contributed by atoms with Crippen LogP contribution < -0.4 is 0 Å². The topological polar surface area (TPSA) is 61.7 Å². The van der Waals surface area contributed by atoms with E-state index in [2.05, 4.69) is 17.0 Å². The number of aryl methyl sites for hydroxylation is 1. The molecule has 0 unspecified atom stereocenters. The predicted octanol–water partition coefficient (Wildman–Crippen LogP) is 1.20. The Bertz CT molecular complexity index is 947. The zero-order valence-corrected chi connectivity index (χ0v) is 16.6. The van der Waals surface area contributed by atoms with Crippen molar-refractivity contribution in [1.29, 1.82) is 0 Å². The highest BCUT2D eigenvalue weighted by Gasteiger charge is 2.58. The lowest BCUT2D eigenvalue weighted by atomic mass is 9.79. The van der Waals surface area contributed by atoms with Crippen molar-refractivity contribution < 1.29 is 9.59 Å². The number of carbonyl (C=O) groups is 2. The molecule has 0 saturated carbocycles. The second kappa shape index (κ2) is 6.30. The van der Waals surface area contributed by atoms with Crippen molar-refractivity contribution in [1.82, 2.24) is 24.5 Å². The van der Waals surface area contributed by atoms with Gasteiger partial charge < -0.3 is 14.7 Å². The van der Waals surface area contributed by atoms with Crippen LogP contribution in [-0.2, 0) is 11.8 Å². The standard InChI is InChI=1S/C21H27N5O2/c1-23-11-15-12-26(14-21(15,13-23)20(28)25-9-5-6-10-25)19(27)18-16-7-3-4-8-17(16)24(2)22-18/h3-4,7-8,15H,5-6,9-14H2,1-2H3/t15-,21-/m0/s1. The van der Waals surface area contributed by atoms with Crippen LogP contribution in [0.5, 0.6) is 0 Å². The summed E-state index contributed by atoms with van der Waals surface area (Å²) in [6.45, 7) is 4.45. The molecule has 0 N–H and O–H groups in total. The number of hydrogen-bond donors (Lipinski definition) is 0. The number of carbonyl (C=O) groups excluding carboxylic acids is 2. The number of benzene rings is 1. The molecule has 0 radical (unpaired) electrons. The average molecular weight is 381 g/mol. The predicted molar refractivity (Wildman–Crippen MR) is 106 cm³/mol. The van der Waals surface area contributed by atoms with Gasteiger partial charge in [0.1, 0.15) is 0 Å². The monoisotopic (exact) mass is 381 g/mol. The van der Waals surface area contributed by atoms with Crippen LogP contribution in [0.15, 0.2) is 24.3 Å². The van der Waals surface area contributed by atoms with Crippen LogP contribution in [0, 0.1) is 11.3 Å². The maximum Gasteiger partial charge on any atom is 0.275 e. The fourth-order valence-corrected chi connectivity index (χ4v) is 5.53. The van der Waals surface area contributed by atoms with Gasteiger partial charge in [0, 0.05) is 57.6 Å². The highest BCUT2D eigenvalue weighted by molar-refractivity contribution is 6.05. The molecule has 1 aromatic heterocycles. The average Bonchev–Trinajstić information content (AvgIpc) is 3.43. The molecule has 2 atom stereocenters. The minimum absolute atomic E-state index is 0.0533. The maximum absolute atomic E-state index is 13.5. The molecule has 0 bridgehead atoms. The van der Waals surface area contributed by atoms with Crippen molar-refractivity contribution in [2.45, 2.75) is 12.8 Å². The van der Waals surface area contributed by atoms with Crippen LogP contribution in [0.4, 0.5) is 0 Å². The van der Waals surface area contributed by atoms with E-state index >= 15 is 0 Å². The smallest absolute Gasteiger partial charge is 0.275 e. The molecular formula is C21H27N5O2. The summed E-state index contributed by atoms with van der Waals surface area (Å²) in [6, 6.07) is 7.82. The number of hydrogen-bond acceptors (Lipinski definition) is 4. The minimum Gasteiger partial charge on any atom is -0.342 e. The third-order valence-electron chi connectivity index (χ3n) is 6.85. The van der Waals surface area contributed by atoms with Gasteiger partial charge in [-0.3, -0.25) is 14.3 Å². The van der Waals surface area contributed by atoms with E-state index in [1.807, 2.05) is 41.1 Å². The quantitative estimate of drug-likeness (QED) is 0.784. The number of aromatic nitrogens is 2. The number of likely N-dealkylation sites (tertiary alicyclic amines) is 3. The Morgan fingerprint density at radius 2 is 1.79 bits per heavy atom. The lowest BCUT2D eigenvalue weighted by Gasteiger charge is -2.32. The number of para-hydroxylation sites is 1. The van der Waals surface area contributed by atoms with Crippen molar-refractivity contribution >= 4 is 22.7 Å². The van der Waals surface area contributed by atoms with Crippen molar-refractivity contribution in [3.63, 3.8) is 0 Å². The lowest BCUT2D eigenvalue weighted by molar-refractivity contribution is -0.141. The molecule has 3 saturated heterocycles. The van der Waals surface area contributed by atoms with E-state index in [0.29, 0.717) is 18.8 Å². The van der Waals surface area contributed by atoms with Crippen LogP contribution in [0.25, 0.3) is 10.9 Å². The van der Waals surface area contributed by atoms with E-state index in [1.54, 1.807) is 4.68 Å². The third kappa shape index (κ3) is 2.49. The summed E-state index contributed by atoms with van der Waals surface area (Å²) in [6.07, 6.45) is 2.18. The molecule has 5 rings (SSSR count). The van der Waals surface area contributed by atoms with E-state index in [-0.39, 0.29) is 17.7 Å². The second-order valence-electron chi connectivity index (χ2n) is 8.72. The molecule has 2 aromatic rings. The van der Waals surface area contributed by atoms with E-state index in [0.717, 1.165) is 49.9 Å². The molecule has 28 heavy (non-hydrogen) atoms. The fourth-order valence-electron chi connectivity index (χ4n) is 5.53. The first-order valence-corrected chi connectivity index (χ1v) is 10.2. The molecule has 3 aliphatic rings. The van der Waals surface area contributed by atoms with Crippen molar-refractivity contribution in [2.24, 2.45) is 18.4 Å². The highest BCUT2D eigenvalue weighted by atomic mass is 16.2. The molecule has 7 heteroatoms. The summed E-state index contributed by atoms with van der Waals surface area (Å²) in [5.74, 6) is 0.396. The molecule has 0 spiro atoms. The van der Waals surface area contributed by atoms with Gasteiger partial charge in [-0.2, -0.15) is 5.10 Å². The summed E-state index contributed by atoms with van der Waals surface area (Å²) < 4.78 is 1.76. The zero-order valence-electron chi connectivity index (χ0n) is 16.6. The molecule has 0 aliphatic carbocycles. The molecule has 3 fully saturated rings. The zero-order chi connectivity index (χ0) is 19.5. The SMILES string of the molecule is CN1C[C@H]2CN(C(=O)c3nn(C)c4ccccc34)C[C@@]2(C(=O)N2CCCC2)C1. The molecule has 1 aromatic carbocycles. The number of amides is 2. The van der Waals surface area contributed by atoms with Gasteiger partial charge in [0.2, 0.25) is 5.91 Å². The summed E-state index contributed by atoms with van der Waals surface area (Å²) in [5.41, 5.74) is 0.988. The maximum atomic E-state index is 13.5. The summed E-state index contributed by atoms with van der Waals surface area (Å²) in [7, 11) is 3.95. The first-order valence-electron chi connectivity index (χ1n) is 10.2. The normalized spacial score (nSPS) is 27.7.